The lowest BCUT2D eigenvalue weighted by Crippen LogP contribution is -2.33. The van der Waals surface area contributed by atoms with Crippen molar-refractivity contribution < 1.29 is 18.0 Å². The second-order valence-corrected chi connectivity index (χ2v) is 20.2. The number of hydrogen-bond acceptors (Lipinski definition) is 12. The maximum atomic E-state index is 13.4. The van der Waals surface area contributed by atoms with E-state index in [9.17, 15) is 27.6 Å². The summed E-state index contributed by atoms with van der Waals surface area (Å²) in [6, 6.07) is 20.5. The highest BCUT2D eigenvalue weighted by Crippen LogP contribution is 2.39. The Bertz CT molecular complexity index is 3340. The Morgan fingerprint density at radius 3 is 1.66 bits per heavy atom. The molecular formula is C48H51BrCl2N10O6S. The van der Waals surface area contributed by atoms with Crippen LogP contribution in [-0.4, -0.2) is 55.6 Å². The maximum absolute atomic E-state index is 13.4. The van der Waals surface area contributed by atoms with E-state index in [0.717, 1.165) is 36.8 Å². The minimum absolute atomic E-state index is 0. The molecule has 2 fully saturated rings. The third kappa shape index (κ3) is 11.0. The first kappa shape index (κ1) is 51.2. The van der Waals surface area contributed by atoms with Crippen molar-refractivity contribution in [2.75, 3.05) is 17.7 Å². The molecule has 68 heavy (non-hydrogen) atoms. The first-order valence-corrected chi connectivity index (χ1v) is 24.5. The molecule has 4 aromatic heterocycles. The number of carbonyl (C=O) groups is 2. The highest BCUT2D eigenvalue weighted by molar-refractivity contribution is 9.10. The van der Waals surface area contributed by atoms with Crippen LogP contribution < -0.4 is 33.2 Å². The Morgan fingerprint density at radius 2 is 1.19 bits per heavy atom. The van der Waals surface area contributed by atoms with Gasteiger partial charge in [-0.2, -0.15) is 0 Å². The molecule has 0 aliphatic heterocycles. The molecule has 0 spiro atoms. The summed E-state index contributed by atoms with van der Waals surface area (Å²) in [5.74, 6) is -1.13. The fourth-order valence-electron chi connectivity index (χ4n) is 7.84. The molecule has 2 amide bonds. The zero-order chi connectivity index (χ0) is 47.2. The van der Waals surface area contributed by atoms with E-state index in [1.54, 1.807) is 64.6 Å². The average Bonchev–Trinajstić information content (AvgIpc) is 4.20. The van der Waals surface area contributed by atoms with E-state index < -0.39 is 33.7 Å². The van der Waals surface area contributed by atoms with E-state index in [1.807, 2.05) is 31.2 Å². The SMILES string of the molecule is C.C.C[C@H](NC(=O)c1nc(-c2cccc(CS(C)(=O)=O)c2)cnc1N)c1cc2cccc(Cl)c2c(=O)n1C1CC1.C[C@H](NC(=O)c1nc(Br)cnc1N)c1cc2cccc(Cl)c2c(=O)n1C1CC1. The van der Waals surface area contributed by atoms with Gasteiger partial charge in [-0.25, -0.2) is 28.4 Å². The number of nitrogen functional groups attached to an aromatic ring is 2. The number of pyridine rings is 2. The number of aromatic nitrogens is 6. The third-order valence-corrected chi connectivity index (χ3v) is 13.1. The number of carbonyl (C=O) groups excluding carboxylic acids is 2. The van der Waals surface area contributed by atoms with Crippen molar-refractivity contribution in [2.24, 2.45) is 0 Å². The van der Waals surface area contributed by atoms with E-state index in [4.69, 9.17) is 34.7 Å². The topological polar surface area (TPSA) is 240 Å². The molecule has 4 heterocycles. The van der Waals surface area contributed by atoms with Crippen LogP contribution in [0.25, 0.3) is 32.8 Å². The lowest BCUT2D eigenvalue weighted by atomic mass is 10.1. The standard InChI is InChI=1S/C27H26ClN5O4S.C19H17BrClN5O2.2CH4/c1-15(22-12-18-7-4-8-20(28)23(18)27(35)33(22)19-9-10-19)31-26(34)24-25(29)30-13-21(32-24)17-6-3-5-16(11-17)14-38(2,36)37;1-9(24-18(27)16-17(22)23-8-14(20)25-16)13-7-10-3-2-4-12(21)15(10)19(28)26(13)11-5-6-11;;/h3-8,11-13,15,19H,9-10,14H2,1-2H3,(H2,29,30)(H,31,34);2-4,7-9,11H,5-6H2,1H3,(H2,22,23)(H,24,27);2*1H4/t15-;9-;;/m00../s1. The number of benzene rings is 3. The number of rotatable bonds is 11. The molecule has 3 aromatic carbocycles. The normalized spacial score (nSPS) is 14.1. The summed E-state index contributed by atoms with van der Waals surface area (Å²) in [7, 11) is -3.22. The summed E-state index contributed by atoms with van der Waals surface area (Å²) in [4.78, 5) is 69.1. The van der Waals surface area contributed by atoms with Gasteiger partial charge >= 0.3 is 0 Å². The van der Waals surface area contributed by atoms with Crippen molar-refractivity contribution >= 4 is 94.0 Å². The first-order chi connectivity index (χ1) is 31.4. The van der Waals surface area contributed by atoms with Crippen molar-refractivity contribution in [2.45, 2.75) is 84.3 Å². The quantitative estimate of drug-likeness (QED) is 0.0950. The second kappa shape index (κ2) is 20.6. The number of halogens is 3. The molecule has 20 heteroatoms. The second-order valence-electron chi connectivity index (χ2n) is 16.4. The molecule has 16 nitrogen and oxygen atoms in total. The molecule has 0 unspecified atom stereocenters. The number of nitrogens with zero attached hydrogens (tertiary/aromatic N) is 6. The van der Waals surface area contributed by atoms with Crippen LogP contribution in [0.4, 0.5) is 11.6 Å². The number of anilines is 2. The van der Waals surface area contributed by atoms with Crippen LogP contribution in [-0.2, 0) is 15.6 Å². The van der Waals surface area contributed by atoms with Crippen LogP contribution >= 0.6 is 39.1 Å². The van der Waals surface area contributed by atoms with Crippen LogP contribution in [0.2, 0.25) is 10.0 Å². The Balaban J connectivity index is 0.000000227. The summed E-state index contributed by atoms with van der Waals surface area (Å²) in [5, 5.41) is 9.01. The van der Waals surface area contributed by atoms with Gasteiger partial charge in [-0.1, -0.05) is 80.5 Å². The molecular weight excluding hydrogens is 995 g/mol. The summed E-state index contributed by atoms with van der Waals surface area (Å²) < 4.78 is 27.3. The maximum Gasteiger partial charge on any atom is 0.274 e. The summed E-state index contributed by atoms with van der Waals surface area (Å²) >= 11 is 15.8. The molecule has 2 saturated carbocycles. The molecule has 2 atom stereocenters. The van der Waals surface area contributed by atoms with Crippen LogP contribution in [0.3, 0.4) is 0 Å². The largest absolute Gasteiger partial charge is 0.382 e. The van der Waals surface area contributed by atoms with Gasteiger partial charge in [0.2, 0.25) is 0 Å². The predicted molar refractivity (Wildman–Crippen MR) is 273 cm³/mol. The van der Waals surface area contributed by atoms with E-state index in [2.05, 4.69) is 46.5 Å². The molecule has 7 aromatic rings. The summed E-state index contributed by atoms with van der Waals surface area (Å²) in [6.07, 6.45) is 7.63. The van der Waals surface area contributed by atoms with Crippen molar-refractivity contribution in [1.29, 1.82) is 0 Å². The highest BCUT2D eigenvalue weighted by Gasteiger charge is 2.32. The fraction of sp³-hybridized carbons (Fsp3) is 0.292. The zero-order valence-corrected chi connectivity index (χ0v) is 39.7. The van der Waals surface area contributed by atoms with Gasteiger partial charge in [-0.3, -0.25) is 19.2 Å². The number of sulfone groups is 1. The molecule has 0 saturated heterocycles. The molecule has 0 radical (unpaired) electrons. The van der Waals surface area contributed by atoms with Gasteiger partial charge in [0, 0.05) is 35.3 Å². The lowest BCUT2D eigenvalue weighted by molar-refractivity contribution is 0.0925. The van der Waals surface area contributed by atoms with Gasteiger partial charge < -0.3 is 31.2 Å². The molecule has 0 bridgehead atoms. The van der Waals surface area contributed by atoms with Crippen molar-refractivity contribution in [3.8, 4) is 11.3 Å². The van der Waals surface area contributed by atoms with Gasteiger partial charge in [-0.05, 0) is 102 Å². The number of hydrogen-bond donors (Lipinski definition) is 4. The summed E-state index contributed by atoms with van der Waals surface area (Å²) in [6.45, 7) is 3.62. The van der Waals surface area contributed by atoms with Gasteiger partial charge in [0.25, 0.3) is 22.9 Å². The first-order valence-electron chi connectivity index (χ1n) is 20.8. The van der Waals surface area contributed by atoms with Crippen LogP contribution in [0, 0.1) is 0 Å². The Labute approximate surface area is 411 Å². The van der Waals surface area contributed by atoms with E-state index in [0.29, 0.717) is 53.3 Å². The number of nitrogens with two attached hydrogens (primary N) is 2. The predicted octanol–water partition coefficient (Wildman–Crippen LogP) is 8.95. The van der Waals surface area contributed by atoms with Gasteiger partial charge in [0.05, 0.1) is 56.7 Å². The Morgan fingerprint density at radius 1 is 0.735 bits per heavy atom. The minimum atomic E-state index is -3.22. The smallest absolute Gasteiger partial charge is 0.274 e. The van der Waals surface area contributed by atoms with Crippen molar-refractivity contribution in [1.82, 2.24) is 39.7 Å². The van der Waals surface area contributed by atoms with E-state index >= 15 is 0 Å². The zero-order valence-electron chi connectivity index (χ0n) is 35.8. The minimum Gasteiger partial charge on any atom is -0.382 e. The molecule has 2 aliphatic rings. The van der Waals surface area contributed by atoms with Crippen LogP contribution in [0.15, 0.2) is 99.4 Å². The van der Waals surface area contributed by atoms with Crippen molar-refractivity contribution in [3.05, 3.63) is 149 Å². The van der Waals surface area contributed by atoms with Crippen LogP contribution in [0.1, 0.15) is 116 Å². The van der Waals surface area contributed by atoms with Gasteiger partial charge in [0.1, 0.15) is 4.60 Å². The van der Waals surface area contributed by atoms with Gasteiger partial charge in [-0.15, -0.1) is 0 Å². The molecule has 9 rings (SSSR count). The molecule has 356 valence electrons. The van der Waals surface area contributed by atoms with Gasteiger partial charge in [0.15, 0.2) is 32.9 Å². The Hall–Kier alpha value is -6.21. The molecule has 2 aliphatic carbocycles. The average molecular weight is 1050 g/mol. The fourth-order valence-corrected chi connectivity index (χ4v) is 9.43. The molecule has 6 N–H and O–H groups in total. The van der Waals surface area contributed by atoms with Crippen LogP contribution in [0.5, 0.6) is 0 Å². The highest BCUT2D eigenvalue weighted by atomic mass is 79.9. The third-order valence-electron chi connectivity index (χ3n) is 11.2. The van der Waals surface area contributed by atoms with Crippen molar-refractivity contribution in [3.63, 3.8) is 0 Å². The number of fused-ring (bicyclic) bond motifs is 2. The monoisotopic (exact) mass is 1040 g/mol. The number of amides is 2. The Kier molecular flexibility index (Phi) is 15.5. The lowest BCUT2D eigenvalue weighted by Gasteiger charge is -2.21. The van der Waals surface area contributed by atoms with E-state index in [1.165, 1.54) is 18.6 Å². The number of nitrogens with one attached hydrogen (secondary N) is 2. The summed E-state index contributed by atoms with van der Waals surface area (Å²) in [5.41, 5.74) is 14.4. The van der Waals surface area contributed by atoms with E-state index in [-0.39, 0.29) is 66.8 Å².